The van der Waals surface area contributed by atoms with Gasteiger partial charge >= 0.3 is 0 Å². The Labute approximate surface area is 160 Å². The Kier molecular flexibility index (Phi) is 4.39. The number of benzene rings is 1. The Morgan fingerprint density at radius 1 is 1.11 bits per heavy atom. The van der Waals surface area contributed by atoms with Gasteiger partial charge in [-0.15, -0.1) is 10.2 Å². The van der Waals surface area contributed by atoms with Gasteiger partial charge in [0.25, 0.3) is 5.56 Å². The van der Waals surface area contributed by atoms with Gasteiger partial charge in [-0.3, -0.25) is 9.36 Å². The van der Waals surface area contributed by atoms with E-state index in [1.54, 1.807) is 15.4 Å². The molecule has 3 heterocycles. The van der Waals surface area contributed by atoms with E-state index >= 15 is 0 Å². The van der Waals surface area contributed by atoms with Gasteiger partial charge < -0.3 is 0 Å². The summed E-state index contributed by atoms with van der Waals surface area (Å²) in [6, 6.07) is 7.46. The van der Waals surface area contributed by atoms with E-state index in [9.17, 15) is 4.79 Å². The van der Waals surface area contributed by atoms with E-state index in [1.165, 1.54) is 0 Å². The summed E-state index contributed by atoms with van der Waals surface area (Å²) in [7, 11) is 0. The van der Waals surface area contributed by atoms with Crippen LogP contribution in [-0.4, -0.2) is 29.4 Å². The van der Waals surface area contributed by atoms with Gasteiger partial charge in [0.1, 0.15) is 6.33 Å². The molecular weight excluding hydrogens is 364 g/mol. The van der Waals surface area contributed by atoms with Gasteiger partial charge in [-0.1, -0.05) is 37.6 Å². The van der Waals surface area contributed by atoms with E-state index in [0.717, 1.165) is 23.2 Å². The number of aromatic nitrogens is 6. The van der Waals surface area contributed by atoms with Crippen molar-refractivity contribution >= 4 is 28.4 Å². The number of hydrogen-bond acceptors (Lipinski definition) is 5. The summed E-state index contributed by atoms with van der Waals surface area (Å²) in [4.78, 5) is 17.2. The zero-order valence-electron chi connectivity index (χ0n) is 15.3. The molecule has 3 aromatic heterocycles. The second-order valence-corrected chi connectivity index (χ2v) is 7.44. The normalized spacial score (nSPS) is 11.7. The third kappa shape index (κ3) is 3.08. The quantitative estimate of drug-likeness (QED) is 0.539. The topological polar surface area (TPSA) is 78.0 Å². The molecule has 0 radical (unpaired) electrons. The Morgan fingerprint density at radius 2 is 1.85 bits per heavy atom. The zero-order chi connectivity index (χ0) is 19.1. The zero-order valence-corrected chi connectivity index (χ0v) is 16.1. The highest BCUT2D eigenvalue weighted by molar-refractivity contribution is 6.30. The number of aryl methyl sites for hydroxylation is 2. The second-order valence-electron chi connectivity index (χ2n) is 7.00. The maximum Gasteiger partial charge on any atom is 0.283 e. The molecule has 0 saturated carbocycles. The standard InChI is InChI=1S/C19H19ClN6O/c1-11(2)8-9-25-10-21-18-16(19(25)27)22-23-17-15(12(3)24-26(17)18)13-4-6-14(20)7-5-13/h4-7,10-11H,8-9H2,1-3H3. The minimum Gasteiger partial charge on any atom is -0.297 e. The predicted molar refractivity (Wildman–Crippen MR) is 105 cm³/mol. The van der Waals surface area contributed by atoms with Crippen molar-refractivity contribution in [1.82, 2.24) is 29.4 Å². The second kappa shape index (κ2) is 6.74. The summed E-state index contributed by atoms with van der Waals surface area (Å²) < 4.78 is 3.18. The van der Waals surface area contributed by atoms with Crippen molar-refractivity contribution in [2.75, 3.05) is 0 Å². The molecule has 0 N–H and O–H groups in total. The fraction of sp³-hybridized carbons (Fsp3) is 0.316. The lowest BCUT2D eigenvalue weighted by atomic mass is 10.1. The third-order valence-corrected chi connectivity index (χ3v) is 4.81. The largest absolute Gasteiger partial charge is 0.297 e. The Bertz CT molecular complexity index is 1190. The van der Waals surface area contributed by atoms with Crippen LogP contribution in [0.5, 0.6) is 0 Å². The average Bonchev–Trinajstić information content (AvgIpc) is 2.98. The van der Waals surface area contributed by atoms with Crippen LogP contribution in [0.15, 0.2) is 35.4 Å². The van der Waals surface area contributed by atoms with Crippen LogP contribution < -0.4 is 5.56 Å². The van der Waals surface area contributed by atoms with Crippen LogP contribution in [0.2, 0.25) is 5.02 Å². The van der Waals surface area contributed by atoms with Gasteiger partial charge in [0, 0.05) is 11.6 Å². The Hall–Kier alpha value is -2.80. The summed E-state index contributed by atoms with van der Waals surface area (Å²) in [5, 5.41) is 13.7. The van der Waals surface area contributed by atoms with Crippen LogP contribution in [-0.2, 0) is 6.54 Å². The van der Waals surface area contributed by atoms with E-state index in [2.05, 4.69) is 34.1 Å². The lowest BCUT2D eigenvalue weighted by Crippen LogP contribution is -2.23. The van der Waals surface area contributed by atoms with Crippen molar-refractivity contribution in [2.24, 2.45) is 5.92 Å². The predicted octanol–water partition coefficient (Wildman–Crippen LogP) is 3.51. The van der Waals surface area contributed by atoms with Gasteiger partial charge in [-0.2, -0.15) is 9.61 Å². The molecule has 0 bridgehead atoms. The van der Waals surface area contributed by atoms with Crippen molar-refractivity contribution in [1.29, 1.82) is 0 Å². The molecular formula is C19H19ClN6O. The SMILES string of the molecule is Cc1nn2c(nnc3c(=O)n(CCC(C)C)cnc32)c1-c1ccc(Cl)cc1. The van der Waals surface area contributed by atoms with Crippen molar-refractivity contribution in [3.05, 3.63) is 51.7 Å². The molecule has 1 aromatic carbocycles. The molecule has 0 amide bonds. The van der Waals surface area contributed by atoms with Crippen molar-refractivity contribution in [3.63, 3.8) is 0 Å². The van der Waals surface area contributed by atoms with Crippen molar-refractivity contribution in [3.8, 4) is 11.1 Å². The minimum absolute atomic E-state index is 0.198. The first-order valence-corrected chi connectivity index (χ1v) is 9.20. The molecule has 0 spiro atoms. The molecule has 0 aliphatic carbocycles. The maximum atomic E-state index is 12.7. The van der Waals surface area contributed by atoms with Gasteiger partial charge in [0.05, 0.1) is 11.3 Å². The third-order valence-electron chi connectivity index (χ3n) is 4.56. The van der Waals surface area contributed by atoms with Gasteiger partial charge in [0.15, 0.2) is 16.8 Å². The van der Waals surface area contributed by atoms with Crippen LogP contribution >= 0.6 is 11.6 Å². The van der Waals surface area contributed by atoms with Crippen molar-refractivity contribution in [2.45, 2.75) is 33.7 Å². The van der Waals surface area contributed by atoms with Gasteiger partial charge in [-0.25, -0.2) is 4.98 Å². The molecule has 138 valence electrons. The number of fused-ring (bicyclic) bond motifs is 3. The lowest BCUT2D eigenvalue weighted by molar-refractivity contribution is 0.505. The van der Waals surface area contributed by atoms with E-state index in [0.29, 0.717) is 28.8 Å². The summed E-state index contributed by atoms with van der Waals surface area (Å²) in [5.74, 6) is 0.497. The molecule has 0 atom stereocenters. The first-order chi connectivity index (χ1) is 13.0. The molecule has 8 heteroatoms. The first kappa shape index (κ1) is 17.6. The highest BCUT2D eigenvalue weighted by Crippen LogP contribution is 2.28. The summed E-state index contributed by atoms with van der Waals surface area (Å²) >= 11 is 5.99. The maximum absolute atomic E-state index is 12.7. The minimum atomic E-state index is -0.198. The number of rotatable bonds is 4. The Balaban J connectivity index is 1.90. The number of halogens is 1. The highest BCUT2D eigenvalue weighted by Gasteiger charge is 2.18. The molecule has 0 aliphatic heterocycles. The highest BCUT2D eigenvalue weighted by atomic mass is 35.5. The molecule has 7 nitrogen and oxygen atoms in total. The molecule has 0 saturated heterocycles. The van der Waals surface area contributed by atoms with Crippen LogP contribution in [0, 0.1) is 12.8 Å². The smallest absolute Gasteiger partial charge is 0.283 e. The molecule has 0 aliphatic rings. The van der Waals surface area contributed by atoms with Crippen molar-refractivity contribution < 1.29 is 0 Å². The van der Waals surface area contributed by atoms with Crippen LogP contribution in [0.4, 0.5) is 0 Å². The fourth-order valence-corrected chi connectivity index (χ4v) is 3.20. The van der Waals surface area contributed by atoms with Crippen LogP contribution in [0.25, 0.3) is 27.9 Å². The molecule has 4 rings (SSSR count). The van der Waals surface area contributed by atoms with E-state index in [1.807, 2.05) is 31.2 Å². The van der Waals surface area contributed by atoms with E-state index in [-0.39, 0.29) is 11.1 Å². The number of hydrogen-bond donors (Lipinski definition) is 0. The molecule has 0 fully saturated rings. The Morgan fingerprint density at radius 3 is 2.56 bits per heavy atom. The van der Waals surface area contributed by atoms with Crippen LogP contribution in [0.1, 0.15) is 26.0 Å². The fourth-order valence-electron chi connectivity index (χ4n) is 3.08. The van der Waals surface area contributed by atoms with Gasteiger partial charge in [-0.05, 0) is 37.0 Å². The molecule has 0 unspecified atom stereocenters. The summed E-state index contributed by atoms with van der Waals surface area (Å²) in [6.45, 7) is 6.74. The van der Waals surface area contributed by atoms with E-state index < -0.39 is 0 Å². The summed E-state index contributed by atoms with van der Waals surface area (Å²) in [5.41, 5.74) is 3.57. The molecule has 4 aromatic rings. The lowest BCUT2D eigenvalue weighted by Gasteiger charge is -2.08. The summed E-state index contributed by atoms with van der Waals surface area (Å²) in [6.07, 6.45) is 2.46. The van der Waals surface area contributed by atoms with Crippen LogP contribution in [0.3, 0.4) is 0 Å². The first-order valence-electron chi connectivity index (χ1n) is 8.83. The molecule has 27 heavy (non-hydrogen) atoms. The average molecular weight is 383 g/mol. The van der Waals surface area contributed by atoms with Gasteiger partial charge in [0.2, 0.25) is 0 Å². The van der Waals surface area contributed by atoms with E-state index in [4.69, 9.17) is 11.6 Å². The monoisotopic (exact) mass is 382 g/mol. The number of nitrogens with zero attached hydrogens (tertiary/aromatic N) is 6.